The second-order valence-electron chi connectivity index (χ2n) is 8.23. The van der Waals surface area contributed by atoms with Crippen LogP contribution in [0.3, 0.4) is 0 Å². The number of thiophene rings is 1. The fourth-order valence-electron chi connectivity index (χ4n) is 5.28. The number of fused-ring (bicyclic) bond motifs is 1. The number of aromatic nitrogens is 2. The van der Waals surface area contributed by atoms with Crippen molar-refractivity contribution in [1.82, 2.24) is 14.9 Å². The van der Waals surface area contributed by atoms with Crippen LogP contribution in [0.4, 0.5) is 5.82 Å². The minimum atomic E-state index is -0.192. The summed E-state index contributed by atoms with van der Waals surface area (Å²) in [4.78, 5) is 28.4. The van der Waals surface area contributed by atoms with Crippen molar-refractivity contribution in [1.29, 1.82) is 0 Å². The highest BCUT2D eigenvalue weighted by atomic mass is 32.1. The van der Waals surface area contributed by atoms with Crippen molar-refractivity contribution in [2.45, 2.75) is 57.9 Å². The Labute approximate surface area is 158 Å². The zero-order chi connectivity index (χ0) is 17.7. The van der Waals surface area contributed by atoms with Crippen molar-refractivity contribution in [3.63, 3.8) is 0 Å². The molecule has 2 aromatic heterocycles. The lowest BCUT2D eigenvalue weighted by Crippen LogP contribution is -2.53. The second-order valence-corrected chi connectivity index (χ2v) is 9.12. The Morgan fingerprint density at radius 2 is 2.00 bits per heavy atom. The maximum atomic E-state index is 13.5. The molecule has 2 aliphatic heterocycles. The van der Waals surface area contributed by atoms with Gasteiger partial charge in [-0.2, -0.15) is 0 Å². The number of rotatable bonds is 2. The topological polar surface area (TPSA) is 49.3 Å². The maximum absolute atomic E-state index is 13.5. The van der Waals surface area contributed by atoms with Gasteiger partial charge in [0.1, 0.15) is 16.5 Å². The Balaban J connectivity index is 1.43. The van der Waals surface area contributed by atoms with Crippen molar-refractivity contribution in [3.8, 4) is 0 Å². The molecule has 6 heteroatoms. The van der Waals surface area contributed by atoms with Crippen LogP contribution in [0.5, 0.6) is 0 Å². The summed E-state index contributed by atoms with van der Waals surface area (Å²) in [5.41, 5.74) is -0.192. The second kappa shape index (κ2) is 6.19. The number of anilines is 1. The van der Waals surface area contributed by atoms with Gasteiger partial charge in [-0.05, 0) is 50.5 Å². The summed E-state index contributed by atoms with van der Waals surface area (Å²) in [6.45, 7) is 4.66. The Hall–Kier alpha value is -1.69. The number of carbonyl (C=O) groups is 1. The highest BCUT2D eigenvalue weighted by Crippen LogP contribution is 2.44. The molecule has 0 aromatic carbocycles. The number of nitrogens with zero attached hydrogens (tertiary/aromatic N) is 4. The Morgan fingerprint density at radius 1 is 1.15 bits per heavy atom. The summed E-state index contributed by atoms with van der Waals surface area (Å²) in [6, 6.07) is 2.62. The predicted molar refractivity (Wildman–Crippen MR) is 105 cm³/mol. The Bertz CT molecular complexity index is 843. The molecule has 26 heavy (non-hydrogen) atoms. The molecule has 2 aromatic rings. The summed E-state index contributed by atoms with van der Waals surface area (Å²) in [5.74, 6) is 2.26. The highest BCUT2D eigenvalue weighted by molar-refractivity contribution is 7.16. The first-order valence-electron chi connectivity index (χ1n) is 9.94. The minimum Gasteiger partial charge on any atom is -0.355 e. The number of hydrogen-bond donors (Lipinski definition) is 0. The molecular formula is C20H26N4OS. The Morgan fingerprint density at radius 3 is 2.85 bits per heavy atom. The normalized spacial score (nSPS) is 27.3. The van der Waals surface area contributed by atoms with Crippen LogP contribution in [0.15, 0.2) is 11.4 Å². The van der Waals surface area contributed by atoms with Gasteiger partial charge >= 0.3 is 0 Å². The molecule has 4 heterocycles. The van der Waals surface area contributed by atoms with E-state index in [9.17, 15) is 4.79 Å². The van der Waals surface area contributed by atoms with E-state index in [1.807, 2.05) is 6.92 Å². The molecule has 0 radical (unpaired) electrons. The van der Waals surface area contributed by atoms with E-state index in [0.717, 1.165) is 60.8 Å². The largest absolute Gasteiger partial charge is 0.355 e. The van der Waals surface area contributed by atoms with Gasteiger partial charge in [-0.25, -0.2) is 9.97 Å². The Kier molecular flexibility index (Phi) is 3.92. The first-order valence-corrected chi connectivity index (χ1v) is 10.8. The third kappa shape index (κ3) is 2.53. The summed E-state index contributed by atoms with van der Waals surface area (Å²) >= 11 is 1.67. The van der Waals surface area contributed by atoms with E-state index < -0.39 is 0 Å². The number of aryl methyl sites for hydroxylation is 1. The van der Waals surface area contributed by atoms with Crippen LogP contribution in [0, 0.1) is 12.3 Å². The predicted octanol–water partition coefficient (Wildman–Crippen LogP) is 3.76. The minimum absolute atomic E-state index is 0.192. The van der Waals surface area contributed by atoms with Gasteiger partial charge in [-0.3, -0.25) is 4.79 Å². The number of piperidine rings is 1. The molecule has 5 rings (SSSR count). The molecule has 1 saturated carbocycles. The molecule has 1 amide bonds. The lowest BCUT2D eigenvalue weighted by Gasteiger charge is -2.42. The molecule has 2 saturated heterocycles. The quantitative estimate of drug-likeness (QED) is 0.808. The van der Waals surface area contributed by atoms with E-state index in [4.69, 9.17) is 4.98 Å². The van der Waals surface area contributed by atoms with Crippen molar-refractivity contribution in [2.24, 2.45) is 5.41 Å². The molecule has 1 atom stereocenters. The number of carbonyl (C=O) groups excluding carboxylic acids is 1. The van der Waals surface area contributed by atoms with Crippen LogP contribution < -0.4 is 4.90 Å². The van der Waals surface area contributed by atoms with Gasteiger partial charge < -0.3 is 9.80 Å². The van der Waals surface area contributed by atoms with E-state index in [0.29, 0.717) is 11.9 Å². The SMILES string of the molecule is Cc1nc(N2CCC3(CCCN(C4CCCC4)C3=O)C2)c2ccsc2n1. The average Bonchev–Trinajstić information content (AvgIpc) is 3.37. The number of hydrogen-bond acceptors (Lipinski definition) is 5. The lowest BCUT2D eigenvalue weighted by atomic mass is 9.77. The van der Waals surface area contributed by atoms with Gasteiger partial charge in [0.15, 0.2) is 0 Å². The van der Waals surface area contributed by atoms with Crippen molar-refractivity contribution < 1.29 is 4.79 Å². The molecular weight excluding hydrogens is 344 g/mol. The third-order valence-electron chi connectivity index (χ3n) is 6.60. The standard InChI is InChI=1S/C20H26N4OS/c1-14-21-17(16-7-12-26-18(16)22-14)23-11-9-20(13-23)8-4-10-24(19(20)25)15-5-2-3-6-15/h7,12,15H,2-6,8-11,13H2,1H3. The molecule has 0 N–H and O–H groups in total. The molecule has 5 nitrogen and oxygen atoms in total. The van der Waals surface area contributed by atoms with E-state index in [1.165, 1.54) is 25.7 Å². The monoisotopic (exact) mass is 370 g/mol. The summed E-state index contributed by atoms with van der Waals surface area (Å²) in [6.07, 6.45) is 8.10. The van der Waals surface area contributed by atoms with E-state index >= 15 is 0 Å². The summed E-state index contributed by atoms with van der Waals surface area (Å²) < 4.78 is 0. The van der Waals surface area contributed by atoms with Gasteiger partial charge in [-0.15, -0.1) is 11.3 Å². The molecule has 138 valence electrons. The van der Waals surface area contributed by atoms with Crippen LogP contribution in [0.1, 0.15) is 50.8 Å². The van der Waals surface area contributed by atoms with Crippen LogP contribution >= 0.6 is 11.3 Å². The average molecular weight is 371 g/mol. The van der Waals surface area contributed by atoms with Gasteiger partial charge in [0.05, 0.1) is 10.8 Å². The van der Waals surface area contributed by atoms with Crippen molar-refractivity contribution in [2.75, 3.05) is 24.5 Å². The molecule has 3 fully saturated rings. The molecule has 3 aliphatic rings. The number of amides is 1. The fourth-order valence-corrected chi connectivity index (χ4v) is 6.09. The van der Waals surface area contributed by atoms with Crippen LogP contribution in [0.2, 0.25) is 0 Å². The molecule has 1 aliphatic carbocycles. The van der Waals surface area contributed by atoms with Gasteiger partial charge in [0.2, 0.25) is 5.91 Å². The highest BCUT2D eigenvalue weighted by Gasteiger charge is 2.50. The maximum Gasteiger partial charge on any atom is 0.230 e. The fraction of sp³-hybridized carbons (Fsp3) is 0.650. The van der Waals surface area contributed by atoms with E-state index in [2.05, 4.69) is 26.2 Å². The number of likely N-dealkylation sites (tertiary alicyclic amines) is 1. The van der Waals surface area contributed by atoms with E-state index in [-0.39, 0.29) is 5.41 Å². The van der Waals surface area contributed by atoms with Gasteiger partial charge in [0.25, 0.3) is 0 Å². The lowest BCUT2D eigenvalue weighted by molar-refractivity contribution is -0.147. The van der Waals surface area contributed by atoms with Crippen molar-refractivity contribution >= 4 is 33.3 Å². The molecule has 0 bridgehead atoms. The zero-order valence-electron chi connectivity index (χ0n) is 15.4. The zero-order valence-corrected chi connectivity index (χ0v) is 16.2. The molecule has 1 spiro atoms. The summed E-state index contributed by atoms with van der Waals surface area (Å²) in [5, 5.41) is 3.22. The summed E-state index contributed by atoms with van der Waals surface area (Å²) in [7, 11) is 0. The first kappa shape index (κ1) is 16.5. The third-order valence-corrected chi connectivity index (χ3v) is 7.41. The van der Waals surface area contributed by atoms with Crippen LogP contribution in [-0.4, -0.2) is 46.5 Å². The smallest absolute Gasteiger partial charge is 0.230 e. The van der Waals surface area contributed by atoms with Crippen molar-refractivity contribution in [3.05, 3.63) is 17.3 Å². The van der Waals surface area contributed by atoms with Gasteiger partial charge in [0, 0.05) is 25.7 Å². The van der Waals surface area contributed by atoms with Crippen LogP contribution in [0.25, 0.3) is 10.2 Å². The van der Waals surface area contributed by atoms with E-state index in [1.54, 1.807) is 11.3 Å². The van der Waals surface area contributed by atoms with Crippen LogP contribution in [-0.2, 0) is 4.79 Å². The first-order chi connectivity index (χ1) is 12.7. The van der Waals surface area contributed by atoms with Gasteiger partial charge in [-0.1, -0.05) is 12.8 Å². The molecule has 1 unspecified atom stereocenters.